The van der Waals surface area contributed by atoms with E-state index in [0.29, 0.717) is 0 Å². The van der Waals surface area contributed by atoms with E-state index in [1.165, 1.54) is 10.4 Å². The molecule has 19 heavy (non-hydrogen) atoms. The fourth-order valence-corrected chi connectivity index (χ4v) is 3.10. The monoisotopic (exact) mass is 276 g/mol. The Labute approximate surface area is 118 Å². The molecule has 4 heteroatoms. The Hall–Kier alpha value is -1.39. The average molecular weight is 276 g/mol. The molecule has 0 saturated carbocycles. The van der Waals surface area contributed by atoms with E-state index in [1.54, 1.807) is 18.4 Å². The molecule has 0 spiro atoms. The molecule has 0 aliphatic rings. The average Bonchev–Trinajstić information content (AvgIpc) is 2.89. The first-order chi connectivity index (χ1) is 9.26. The molecule has 1 N–H and O–H groups in total. The zero-order valence-electron chi connectivity index (χ0n) is 11.6. The van der Waals surface area contributed by atoms with E-state index in [9.17, 15) is 0 Å². The second-order valence-corrected chi connectivity index (χ2v) is 5.38. The maximum atomic E-state index is 5.43. The second kappa shape index (κ2) is 6.68. The van der Waals surface area contributed by atoms with Crippen LogP contribution in [-0.4, -0.2) is 18.6 Å². The summed E-state index contributed by atoms with van der Waals surface area (Å²) >= 11 is 1.73. The van der Waals surface area contributed by atoms with Crippen LogP contribution in [0.4, 0.5) is 0 Å². The third kappa shape index (κ3) is 3.33. The number of likely N-dealkylation sites (N-methyl/N-ethyl adjacent to an activating group) is 1. The van der Waals surface area contributed by atoms with Crippen LogP contribution in [0.25, 0.3) is 0 Å². The first-order valence-electron chi connectivity index (χ1n) is 6.51. The minimum Gasteiger partial charge on any atom is -0.496 e. The molecular weight excluding hydrogens is 256 g/mol. The number of nitrogens with zero attached hydrogens (tertiary/aromatic N) is 1. The number of pyridine rings is 1. The Morgan fingerprint density at radius 2 is 2.26 bits per heavy atom. The van der Waals surface area contributed by atoms with E-state index in [2.05, 4.69) is 35.6 Å². The van der Waals surface area contributed by atoms with Crippen molar-refractivity contribution >= 4 is 11.3 Å². The highest BCUT2D eigenvalue weighted by atomic mass is 32.1. The zero-order chi connectivity index (χ0) is 13.7. The predicted octanol–water partition coefficient (Wildman–Crippen LogP) is 3.35. The van der Waals surface area contributed by atoms with Crippen LogP contribution in [0.1, 0.15) is 29.1 Å². The van der Waals surface area contributed by atoms with Crippen LogP contribution in [-0.2, 0) is 6.42 Å². The van der Waals surface area contributed by atoms with Gasteiger partial charge in [-0.05, 0) is 36.5 Å². The van der Waals surface area contributed by atoms with E-state index < -0.39 is 0 Å². The minimum atomic E-state index is 0.258. The Morgan fingerprint density at radius 1 is 1.42 bits per heavy atom. The maximum absolute atomic E-state index is 5.43. The lowest BCUT2D eigenvalue weighted by Gasteiger charge is -2.18. The summed E-state index contributed by atoms with van der Waals surface area (Å²) in [7, 11) is 1.72. The van der Waals surface area contributed by atoms with Crippen molar-refractivity contribution in [1.82, 2.24) is 10.3 Å². The lowest BCUT2D eigenvalue weighted by atomic mass is 10.1. The molecule has 3 nitrogen and oxygen atoms in total. The fourth-order valence-electron chi connectivity index (χ4n) is 2.16. The number of thiophene rings is 1. The van der Waals surface area contributed by atoms with Gasteiger partial charge in [-0.3, -0.25) is 4.98 Å². The fraction of sp³-hybridized carbons (Fsp3) is 0.400. The lowest BCUT2D eigenvalue weighted by Crippen LogP contribution is -2.23. The van der Waals surface area contributed by atoms with Gasteiger partial charge in [0.15, 0.2) is 0 Å². The molecule has 0 amide bonds. The maximum Gasteiger partial charge on any atom is 0.134 e. The largest absolute Gasteiger partial charge is 0.496 e. The van der Waals surface area contributed by atoms with Crippen molar-refractivity contribution in [2.75, 3.05) is 13.7 Å². The molecule has 0 saturated heterocycles. The van der Waals surface area contributed by atoms with Gasteiger partial charge < -0.3 is 10.1 Å². The van der Waals surface area contributed by atoms with Gasteiger partial charge in [0.25, 0.3) is 0 Å². The molecule has 2 heterocycles. The number of nitrogens with one attached hydrogen (secondary N) is 1. The molecule has 2 rings (SSSR count). The van der Waals surface area contributed by atoms with Gasteiger partial charge in [0, 0.05) is 18.3 Å². The highest BCUT2D eigenvalue weighted by molar-refractivity contribution is 7.10. The van der Waals surface area contributed by atoms with Gasteiger partial charge in [-0.1, -0.05) is 13.0 Å². The molecule has 1 unspecified atom stereocenters. The van der Waals surface area contributed by atoms with Gasteiger partial charge in [-0.15, -0.1) is 11.3 Å². The van der Waals surface area contributed by atoms with Gasteiger partial charge in [0.05, 0.1) is 18.0 Å². The number of rotatable bonds is 6. The molecule has 0 aliphatic carbocycles. The normalized spacial score (nSPS) is 12.4. The SMILES string of the molecule is CCNC(Cc1ncccc1C)c1sccc1OC. The molecule has 0 radical (unpaired) electrons. The topological polar surface area (TPSA) is 34.2 Å². The molecule has 0 fully saturated rings. The van der Waals surface area contributed by atoms with Crippen molar-refractivity contribution in [2.45, 2.75) is 26.3 Å². The number of hydrogen-bond donors (Lipinski definition) is 1. The number of aromatic nitrogens is 1. The molecule has 102 valence electrons. The van der Waals surface area contributed by atoms with E-state index in [1.807, 2.05) is 18.3 Å². The number of hydrogen-bond acceptors (Lipinski definition) is 4. The summed E-state index contributed by atoms with van der Waals surface area (Å²) in [5.41, 5.74) is 2.38. The predicted molar refractivity (Wildman–Crippen MR) is 80.0 cm³/mol. The summed E-state index contributed by atoms with van der Waals surface area (Å²) in [5.74, 6) is 0.963. The second-order valence-electron chi connectivity index (χ2n) is 4.43. The van der Waals surface area contributed by atoms with Crippen molar-refractivity contribution in [3.05, 3.63) is 45.9 Å². The molecule has 0 aromatic carbocycles. The Morgan fingerprint density at radius 3 is 2.95 bits per heavy atom. The van der Waals surface area contributed by atoms with Crippen LogP contribution in [0.15, 0.2) is 29.8 Å². The number of ether oxygens (including phenoxy) is 1. The van der Waals surface area contributed by atoms with Crippen molar-refractivity contribution < 1.29 is 4.74 Å². The smallest absolute Gasteiger partial charge is 0.134 e. The van der Waals surface area contributed by atoms with Crippen molar-refractivity contribution in [2.24, 2.45) is 0 Å². The minimum absolute atomic E-state index is 0.258. The Kier molecular flexibility index (Phi) is 4.93. The summed E-state index contributed by atoms with van der Waals surface area (Å²) in [4.78, 5) is 5.73. The molecule has 2 aromatic heterocycles. The van der Waals surface area contributed by atoms with Gasteiger partial charge in [-0.25, -0.2) is 0 Å². The zero-order valence-corrected chi connectivity index (χ0v) is 12.5. The number of methoxy groups -OCH3 is 1. The van der Waals surface area contributed by atoms with Crippen LogP contribution in [0.5, 0.6) is 5.75 Å². The quantitative estimate of drug-likeness (QED) is 0.878. The third-order valence-corrected chi connectivity index (χ3v) is 4.17. The highest BCUT2D eigenvalue weighted by Gasteiger charge is 2.18. The van der Waals surface area contributed by atoms with Gasteiger partial charge >= 0.3 is 0 Å². The summed E-state index contributed by atoms with van der Waals surface area (Å²) in [5, 5.41) is 5.60. The molecule has 1 atom stereocenters. The van der Waals surface area contributed by atoms with Crippen LogP contribution in [0, 0.1) is 6.92 Å². The standard InChI is InChI=1S/C15H20N2OS/c1-4-16-13(15-14(18-3)7-9-19-15)10-12-11(2)6-5-8-17-12/h5-9,13,16H,4,10H2,1-3H3. The van der Waals surface area contributed by atoms with Crippen LogP contribution < -0.4 is 10.1 Å². The van der Waals surface area contributed by atoms with E-state index in [-0.39, 0.29) is 6.04 Å². The van der Waals surface area contributed by atoms with E-state index >= 15 is 0 Å². The van der Waals surface area contributed by atoms with Gasteiger partial charge in [0.1, 0.15) is 5.75 Å². The van der Waals surface area contributed by atoms with E-state index in [0.717, 1.165) is 24.4 Å². The van der Waals surface area contributed by atoms with Crippen LogP contribution >= 0.6 is 11.3 Å². The summed E-state index contributed by atoms with van der Waals surface area (Å²) in [6.45, 7) is 5.16. The molecule has 0 bridgehead atoms. The van der Waals surface area contributed by atoms with Gasteiger partial charge in [-0.2, -0.15) is 0 Å². The van der Waals surface area contributed by atoms with Crippen LogP contribution in [0.3, 0.4) is 0 Å². The molecule has 2 aromatic rings. The number of aryl methyl sites for hydroxylation is 1. The Bertz CT molecular complexity index is 524. The van der Waals surface area contributed by atoms with Crippen molar-refractivity contribution in [3.63, 3.8) is 0 Å². The van der Waals surface area contributed by atoms with Crippen molar-refractivity contribution in [1.29, 1.82) is 0 Å². The van der Waals surface area contributed by atoms with Gasteiger partial charge in [0.2, 0.25) is 0 Å². The van der Waals surface area contributed by atoms with Crippen LogP contribution in [0.2, 0.25) is 0 Å². The first kappa shape index (κ1) is 14.0. The highest BCUT2D eigenvalue weighted by Crippen LogP contribution is 2.32. The summed E-state index contributed by atoms with van der Waals surface area (Å²) in [6.07, 6.45) is 2.74. The molecule has 0 aliphatic heterocycles. The third-order valence-electron chi connectivity index (χ3n) is 3.16. The Balaban J connectivity index is 2.24. The summed E-state index contributed by atoms with van der Waals surface area (Å²) < 4.78 is 5.43. The molecular formula is C15H20N2OS. The first-order valence-corrected chi connectivity index (χ1v) is 7.39. The van der Waals surface area contributed by atoms with E-state index in [4.69, 9.17) is 4.74 Å². The lowest BCUT2D eigenvalue weighted by molar-refractivity contribution is 0.403. The summed E-state index contributed by atoms with van der Waals surface area (Å²) in [6, 6.07) is 6.37. The van der Waals surface area contributed by atoms with Crippen molar-refractivity contribution in [3.8, 4) is 5.75 Å².